The summed E-state index contributed by atoms with van der Waals surface area (Å²) in [6.07, 6.45) is 1.79. The molecule has 1 amide bonds. The second kappa shape index (κ2) is 9.78. The molecule has 1 saturated heterocycles. The van der Waals surface area contributed by atoms with Crippen LogP contribution in [-0.2, 0) is 6.54 Å². The molecule has 154 valence electrons. The van der Waals surface area contributed by atoms with Gasteiger partial charge in [-0.15, -0.1) is 0 Å². The summed E-state index contributed by atoms with van der Waals surface area (Å²) in [5.74, 6) is 0.979. The lowest BCUT2D eigenvalue weighted by Crippen LogP contribution is -2.48. The number of methoxy groups -OCH3 is 1. The van der Waals surface area contributed by atoms with Crippen molar-refractivity contribution in [2.45, 2.75) is 16.5 Å². The van der Waals surface area contributed by atoms with E-state index in [0.29, 0.717) is 0 Å². The van der Waals surface area contributed by atoms with Gasteiger partial charge in [0, 0.05) is 49.4 Å². The maximum Gasteiger partial charge on any atom is 0.253 e. The Morgan fingerprint density at radius 3 is 2.33 bits per heavy atom. The van der Waals surface area contributed by atoms with Gasteiger partial charge in [-0.3, -0.25) is 9.69 Å². The summed E-state index contributed by atoms with van der Waals surface area (Å²) in [6, 6.07) is 21.9. The zero-order valence-corrected chi connectivity index (χ0v) is 17.8. The van der Waals surface area contributed by atoms with Gasteiger partial charge in [0.05, 0.1) is 7.11 Å². The van der Waals surface area contributed by atoms with Crippen molar-refractivity contribution in [1.82, 2.24) is 14.8 Å². The van der Waals surface area contributed by atoms with Crippen LogP contribution in [0.15, 0.2) is 82.8 Å². The van der Waals surface area contributed by atoms with Crippen LogP contribution in [0.3, 0.4) is 0 Å². The zero-order chi connectivity index (χ0) is 20.8. The van der Waals surface area contributed by atoms with Gasteiger partial charge in [-0.05, 0) is 54.1 Å². The minimum absolute atomic E-state index is 0.105. The van der Waals surface area contributed by atoms with Gasteiger partial charge in [-0.1, -0.05) is 30.0 Å². The Kier molecular flexibility index (Phi) is 6.67. The molecule has 0 unspecified atom stereocenters. The van der Waals surface area contributed by atoms with Crippen LogP contribution >= 0.6 is 11.8 Å². The third-order valence-electron chi connectivity index (χ3n) is 5.19. The van der Waals surface area contributed by atoms with Gasteiger partial charge in [0.1, 0.15) is 10.8 Å². The summed E-state index contributed by atoms with van der Waals surface area (Å²) in [6.45, 7) is 4.15. The number of carbonyl (C=O) groups is 1. The monoisotopic (exact) mass is 419 g/mol. The van der Waals surface area contributed by atoms with Gasteiger partial charge in [0.2, 0.25) is 0 Å². The first-order valence-corrected chi connectivity index (χ1v) is 10.9. The van der Waals surface area contributed by atoms with E-state index < -0.39 is 0 Å². The molecular weight excluding hydrogens is 394 g/mol. The molecule has 0 N–H and O–H groups in total. The lowest BCUT2D eigenvalue weighted by Gasteiger charge is -2.34. The van der Waals surface area contributed by atoms with Crippen LogP contribution < -0.4 is 4.74 Å². The first-order valence-electron chi connectivity index (χ1n) is 10.0. The van der Waals surface area contributed by atoms with Crippen molar-refractivity contribution in [3.63, 3.8) is 0 Å². The molecule has 0 bridgehead atoms. The van der Waals surface area contributed by atoms with Crippen molar-refractivity contribution in [3.8, 4) is 5.75 Å². The molecular formula is C24H25N3O2S. The topological polar surface area (TPSA) is 45.7 Å². The van der Waals surface area contributed by atoms with E-state index in [-0.39, 0.29) is 5.91 Å². The van der Waals surface area contributed by atoms with Crippen LogP contribution in [-0.4, -0.2) is 54.0 Å². The average molecular weight is 420 g/mol. The number of aromatic nitrogens is 1. The smallest absolute Gasteiger partial charge is 0.253 e. The fourth-order valence-electron chi connectivity index (χ4n) is 3.47. The maximum absolute atomic E-state index is 12.9. The SMILES string of the molecule is COc1ccc(CN2CCN(C(=O)c3ccc(Sc4ccccn4)cc3)CC2)cc1. The molecule has 1 aromatic heterocycles. The second-order valence-corrected chi connectivity index (χ2v) is 8.30. The van der Waals surface area contributed by atoms with Gasteiger partial charge in [0.15, 0.2) is 0 Å². The van der Waals surface area contributed by atoms with E-state index >= 15 is 0 Å². The first-order chi connectivity index (χ1) is 14.7. The molecule has 5 nitrogen and oxygen atoms in total. The fraction of sp³-hybridized carbons (Fsp3) is 0.250. The van der Waals surface area contributed by atoms with E-state index in [2.05, 4.69) is 22.0 Å². The number of nitrogens with zero attached hydrogens (tertiary/aromatic N) is 3. The highest BCUT2D eigenvalue weighted by Gasteiger charge is 2.22. The molecule has 0 aliphatic carbocycles. The molecule has 2 aromatic carbocycles. The largest absolute Gasteiger partial charge is 0.497 e. The van der Waals surface area contributed by atoms with E-state index in [1.54, 1.807) is 25.1 Å². The Morgan fingerprint density at radius 2 is 1.70 bits per heavy atom. The Bertz CT molecular complexity index is 954. The Labute approximate surface area is 181 Å². The summed E-state index contributed by atoms with van der Waals surface area (Å²) >= 11 is 1.60. The summed E-state index contributed by atoms with van der Waals surface area (Å²) in [4.78, 5) is 22.6. The van der Waals surface area contributed by atoms with Gasteiger partial charge in [-0.2, -0.15) is 0 Å². The maximum atomic E-state index is 12.9. The van der Waals surface area contributed by atoms with Crippen LogP contribution in [0.2, 0.25) is 0 Å². The number of hydrogen-bond donors (Lipinski definition) is 0. The molecule has 3 aromatic rings. The zero-order valence-electron chi connectivity index (χ0n) is 17.0. The molecule has 4 rings (SSSR count). The van der Waals surface area contributed by atoms with Crippen molar-refractivity contribution in [2.75, 3.05) is 33.3 Å². The number of piperazine rings is 1. The molecule has 0 saturated carbocycles. The van der Waals surface area contributed by atoms with E-state index in [1.165, 1.54) is 5.56 Å². The van der Waals surface area contributed by atoms with Crippen molar-refractivity contribution in [1.29, 1.82) is 0 Å². The van der Waals surface area contributed by atoms with Gasteiger partial charge >= 0.3 is 0 Å². The molecule has 0 radical (unpaired) electrons. The van der Waals surface area contributed by atoms with Crippen LogP contribution in [0.1, 0.15) is 15.9 Å². The Hall–Kier alpha value is -2.83. The fourth-order valence-corrected chi connectivity index (χ4v) is 4.25. The number of benzene rings is 2. The minimum Gasteiger partial charge on any atom is -0.497 e. The summed E-state index contributed by atoms with van der Waals surface area (Å²) in [7, 11) is 1.68. The van der Waals surface area contributed by atoms with Crippen molar-refractivity contribution >= 4 is 17.7 Å². The van der Waals surface area contributed by atoms with Gasteiger partial charge < -0.3 is 9.64 Å². The molecule has 2 heterocycles. The number of rotatable bonds is 6. The van der Waals surface area contributed by atoms with Gasteiger partial charge in [-0.25, -0.2) is 4.98 Å². The van der Waals surface area contributed by atoms with Crippen LogP contribution in [0.4, 0.5) is 0 Å². The summed E-state index contributed by atoms with van der Waals surface area (Å²) in [5.41, 5.74) is 2.00. The molecule has 1 fully saturated rings. The first kappa shape index (κ1) is 20.4. The second-order valence-electron chi connectivity index (χ2n) is 7.21. The van der Waals surface area contributed by atoms with E-state index in [9.17, 15) is 4.79 Å². The van der Waals surface area contributed by atoms with Crippen LogP contribution in [0.25, 0.3) is 0 Å². The van der Waals surface area contributed by atoms with Crippen LogP contribution in [0, 0.1) is 0 Å². The summed E-state index contributed by atoms with van der Waals surface area (Å²) in [5, 5.41) is 0.949. The highest BCUT2D eigenvalue weighted by Crippen LogP contribution is 2.26. The van der Waals surface area contributed by atoms with Crippen molar-refractivity contribution in [2.24, 2.45) is 0 Å². The Morgan fingerprint density at radius 1 is 0.967 bits per heavy atom. The lowest BCUT2D eigenvalue weighted by atomic mass is 10.1. The molecule has 30 heavy (non-hydrogen) atoms. The van der Waals surface area contributed by atoms with Crippen molar-refractivity contribution in [3.05, 3.63) is 84.1 Å². The predicted molar refractivity (Wildman–Crippen MR) is 119 cm³/mol. The van der Waals surface area contributed by atoms with E-state index in [0.717, 1.165) is 54.0 Å². The minimum atomic E-state index is 0.105. The molecule has 6 heteroatoms. The Balaban J connectivity index is 1.29. The van der Waals surface area contributed by atoms with Crippen molar-refractivity contribution < 1.29 is 9.53 Å². The molecule has 1 aliphatic rings. The quantitative estimate of drug-likeness (QED) is 0.599. The number of ether oxygens (including phenoxy) is 1. The molecule has 0 atom stereocenters. The summed E-state index contributed by atoms with van der Waals surface area (Å²) < 4.78 is 5.22. The number of hydrogen-bond acceptors (Lipinski definition) is 5. The highest BCUT2D eigenvalue weighted by atomic mass is 32.2. The lowest BCUT2D eigenvalue weighted by molar-refractivity contribution is 0.0628. The van der Waals surface area contributed by atoms with E-state index in [1.807, 2.05) is 59.5 Å². The number of carbonyl (C=O) groups excluding carboxylic acids is 1. The standard InChI is InChI=1S/C24H25N3O2S/c1-29-21-9-5-19(6-10-21)18-26-14-16-27(17-15-26)24(28)20-7-11-22(12-8-20)30-23-4-2-3-13-25-23/h2-13H,14-18H2,1H3. The third-order valence-corrected chi connectivity index (χ3v) is 6.14. The van der Waals surface area contributed by atoms with Gasteiger partial charge in [0.25, 0.3) is 5.91 Å². The normalized spacial score (nSPS) is 14.5. The predicted octanol–water partition coefficient (Wildman–Crippen LogP) is 4.20. The highest BCUT2D eigenvalue weighted by molar-refractivity contribution is 7.99. The number of amides is 1. The van der Waals surface area contributed by atoms with Crippen LogP contribution in [0.5, 0.6) is 5.75 Å². The molecule has 1 aliphatic heterocycles. The average Bonchev–Trinajstić information content (AvgIpc) is 2.81. The molecule has 0 spiro atoms. The number of pyridine rings is 1. The van der Waals surface area contributed by atoms with E-state index in [4.69, 9.17) is 4.74 Å². The third kappa shape index (κ3) is 5.20.